The number of hydrogen-bond acceptors (Lipinski definition) is 4. The minimum Gasteiger partial charge on any atom is -0.382 e. The molecule has 0 saturated carbocycles. The summed E-state index contributed by atoms with van der Waals surface area (Å²) in [6, 6.07) is 1.52. The Morgan fingerprint density at radius 2 is 2.29 bits per heavy atom. The van der Waals surface area contributed by atoms with Gasteiger partial charge in [0.05, 0.1) is 10.6 Å². The van der Waals surface area contributed by atoms with Gasteiger partial charge in [0.25, 0.3) is 5.91 Å². The molecule has 0 bridgehead atoms. The van der Waals surface area contributed by atoms with Gasteiger partial charge in [-0.2, -0.15) is 11.8 Å². The molecule has 0 aliphatic rings. The molecule has 0 atom stereocenters. The van der Waals surface area contributed by atoms with Crippen molar-refractivity contribution in [1.29, 1.82) is 0 Å². The third kappa shape index (κ3) is 4.09. The van der Waals surface area contributed by atoms with Crippen LogP contribution in [0, 0.1) is 0 Å². The van der Waals surface area contributed by atoms with Crippen LogP contribution in [0.1, 0.15) is 24.2 Å². The smallest absolute Gasteiger partial charge is 0.252 e. The lowest BCUT2D eigenvalue weighted by Gasteiger charge is -2.22. The second-order valence-corrected chi connectivity index (χ2v) is 6.16. The number of nitrogens with one attached hydrogen (secondary N) is 1. The fourth-order valence-electron chi connectivity index (χ4n) is 1.04. The van der Waals surface area contributed by atoms with Crippen molar-refractivity contribution < 1.29 is 4.79 Å². The van der Waals surface area contributed by atoms with E-state index in [1.54, 1.807) is 11.8 Å². The van der Waals surface area contributed by atoms with Gasteiger partial charge in [-0.05, 0) is 26.2 Å². The van der Waals surface area contributed by atoms with Crippen LogP contribution < -0.4 is 11.1 Å². The number of nitrogens with zero attached hydrogens (tertiary/aromatic N) is 1. The van der Waals surface area contributed by atoms with Crippen LogP contribution in [0.2, 0.25) is 5.02 Å². The van der Waals surface area contributed by atoms with Crippen LogP contribution in [0.3, 0.4) is 0 Å². The molecule has 0 aliphatic heterocycles. The Bertz CT molecular complexity index is 423. The number of carbonyl (C=O) groups excluding carboxylic acids is 1. The molecule has 0 aromatic carbocycles. The number of halogens is 1. The quantitative estimate of drug-likeness (QED) is 0.882. The largest absolute Gasteiger partial charge is 0.382 e. The molecule has 0 fully saturated rings. The van der Waals surface area contributed by atoms with E-state index in [0.29, 0.717) is 17.1 Å². The first kappa shape index (κ1) is 14.1. The first-order valence-corrected chi connectivity index (χ1v) is 6.70. The number of nitrogen functional groups attached to an aromatic ring is 1. The van der Waals surface area contributed by atoms with Crippen LogP contribution in [0.4, 0.5) is 5.82 Å². The maximum Gasteiger partial charge on any atom is 0.252 e. The predicted octanol–water partition coefficient (Wildman–Crippen LogP) is 2.19. The second-order valence-electron chi connectivity index (χ2n) is 4.24. The standard InChI is InChI=1S/C11H16ClN3OS/c1-11(2,17-3)6-15-10(16)7-4-8(12)9(13)14-5-7/h4-5H,6H2,1-3H3,(H2,13,14)(H,15,16). The molecule has 1 rings (SSSR count). The second kappa shape index (κ2) is 5.60. The Morgan fingerprint density at radius 1 is 1.65 bits per heavy atom. The molecule has 3 N–H and O–H groups in total. The van der Waals surface area contributed by atoms with Gasteiger partial charge >= 0.3 is 0 Å². The number of carbonyl (C=O) groups is 1. The summed E-state index contributed by atoms with van der Waals surface area (Å²) in [5.74, 6) is 0.0363. The summed E-state index contributed by atoms with van der Waals surface area (Å²) in [4.78, 5) is 15.7. The minimum absolute atomic E-state index is 0.000686. The monoisotopic (exact) mass is 273 g/mol. The van der Waals surface area contributed by atoms with E-state index in [1.807, 2.05) is 6.26 Å². The maximum atomic E-state index is 11.8. The molecule has 0 saturated heterocycles. The lowest BCUT2D eigenvalue weighted by Crippen LogP contribution is -2.36. The number of pyridine rings is 1. The van der Waals surface area contributed by atoms with Crippen molar-refractivity contribution in [2.75, 3.05) is 18.5 Å². The number of anilines is 1. The van der Waals surface area contributed by atoms with Crippen LogP contribution in [0.15, 0.2) is 12.3 Å². The fraction of sp³-hybridized carbons (Fsp3) is 0.455. The molecule has 0 radical (unpaired) electrons. The first-order chi connectivity index (χ1) is 7.85. The third-order valence-corrected chi connectivity index (χ3v) is 3.91. The number of hydrogen-bond donors (Lipinski definition) is 2. The van der Waals surface area contributed by atoms with Gasteiger partial charge in [0, 0.05) is 17.5 Å². The van der Waals surface area contributed by atoms with Crippen LogP contribution in [0.25, 0.3) is 0 Å². The molecule has 17 heavy (non-hydrogen) atoms. The van der Waals surface area contributed by atoms with E-state index in [9.17, 15) is 4.79 Å². The number of rotatable bonds is 4. The van der Waals surface area contributed by atoms with E-state index in [2.05, 4.69) is 24.1 Å². The van der Waals surface area contributed by atoms with Crippen molar-refractivity contribution in [3.8, 4) is 0 Å². The molecule has 6 heteroatoms. The Morgan fingerprint density at radius 3 is 2.82 bits per heavy atom. The Balaban J connectivity index is 2.68. The highest BCUT2D eigenvalue weighted by Gasteiger charge is 2.17. The van der Waals surface area contributed by atoms with Crippen LogP contribution in [-0.2, 0) is 0 Å². The van der Waals surface area contributed by atoms with E-state index in [-0.39, 0.29) is 16.5 Å². The van der Waals surface area contributed by atoms with Gasteiger partial charge < -0.3 is 11.1 Å². The zero-order valence-corrected chi connectivity index (χ0v) is 11.7. The summed E-state index contributed by atoms with van der Waals surface area (Å²) in [6.45, 7) is 4.70. The Hall–Kier alpha value is -0.940. The van der Waals surface area contributed by atoms with Crippen molar-refractivity contribution in [2.24, 2.45) is 0 Å². The van der Waals surface area contributed by atoms with Crippen molar-refractivity contribution in [3.63, 3.8) is 0 Å². The van der Waals surface area contributed by atoms with Gasteiger partial charge in [-0.3, -0.25) is 4.79 Å². The van der Waals surface area contributed by atoms with E-state index < -0.39 is 0 Å². The number of thioether (sulfide) groups is 1. The van der Waals surface area contributed by atoms with Crippen LogP contribution in [-0.4, -0.2) is 28.4 Å². The zero-order chi connectivity index (χ0) is 13.1. The summed E-state index contributed by atoms with van der Waals surface area (Å²) in [5, 5.41) is 3.13. The SMILES string of the molecule is CSC(C)(C)CNC(=O)c1cnc(N)c(Cl)c1. The highest BCUT2D eigenvalue weighted by molar-refractivity contribution is 7.99. The van der Waals surface area contributed by atoms with E-state index >= 15 is 0 Å². The molecular formula is C11H16ClN3OS. The molecule has 4 nitrogen and oxygen atoms in total. The zero-order valence-electron chi connectivity index (χ0n) is 10.1. The molecule has 1 aromatic heterocycles. The molecular weight excluding hydrogens is 258 g/mol. The number of amides is 1. The maximum absolute atomic E-state index is 11.8. The molecule has 0 aliphatic carbocycles. The molecule has 0 unspecified atom stereocenters. The van der Waals surface area contributed by atoms with E-state index in [1.165, 1.54) is 12.3 Å². The molecule has 1 aromatic rings. The van der Waals surface area contributed by atoms with Crippen molar-refractivity contribution in [2.45, 2.75) is 18.6 Å². The van der Waals surface area contributed by atoms with E-state index in [0.717, 1.165) is 0 Å². The van der Waals surface area contributed by atoms with Crippen LogP contribution in [0.5, 0.6) is 0 Å². The van der Waals surface area contributed by atoms with Crippen LogP contribution >= 0.6 is 23.4 Å². The molecule has 1 heterocycles. The van der Waals surface area contributed by atoms with Crippen molar-refractivity contribution >= 4 is 35.1 Å². The first-order valence-electron chi connectivity index (χ1n) is 5.10. The molecule has 0 spiro atoms. The number of aromatic nitrogens is 1. The average Bonchev–Trinajstić information content (AvgIpc) is 2.30. The lowest BCUT2D eigenvalue weighted by molar-refractivity contribution is 0.0950. The van der Waals surface area contributed by atoms with Gasteiger partial charge in [-0.1, -0.05) is 11.6 Å². The fourth-order valence-corrected chi connectivity index (χ4v) is 1.42. The minimum atomic E-state index is -0.193. The Labute approximate surface area is 110 Å². The molecule has 94 valence electrons. The highest BCUT2D eigenvalue weighted by atomic mass is 35.5. The van der Waals surface area contributed by atoms with E-state index in [4.69, 9.17) is 17.3 Å². The summed E-state index contributed by atoms with van der Waals surface area (Å²) in [5.41, 5.74) is 5.89. The molecule has 1 amide bonds. The highest BCUT2D eigenvalue weighted by Crippen LogP contribution is 2.20. The lowest BCUT2D eigenvalue weighted by atomic mass is 10.2. The van der Waals surface area contributed by atoms with Gasteiger partial charge in [0.2, 0.25) is 0 Å². The van der Waals surface area contributed by atoms with Gasteiger partial charge in [0.15, 0.2) is 0 Å². The number of nitrogens with two attached hydrogens (primary N) is 1. The van der Waals surface area contributed by atoms with Gasteiger partial charge in [-0.15, -0.1) is 0 Å². The average molecular weight is 274 g/mol. The predicted molar refractivity (Wildman–Crippen MR) is 73.6 cm³/mol. The van der Waals surface area contributed by atoms with Crippen molar-refractivity contribution in [3.05, 3.63) is 22.8 Å². The Kier molecular flexibility index (Phi) is 4.65. The van der Waals surface area contributed by atoms with Gasteiger partial charge in [0.1, 0.15) is 5.82 Å². The summed E-state index contributed by atoms with van der Waals surface area (Å²) in [6.07, 6.45) is 3.43. The van der Waals surface area contributed by atoms with Crippen molar-refractivity contribution in [1.82, 2.24) is 10.3 Å². The topological polar surface area (TPSA) is 68.0 Å². The summed E-state index contributed by atoms with van der Waals surface area (Å²) in [7, 11) is 0. The normalized spacial score (nSPS) is 11.3. The summed E-state index contributed by atoms with van der Waals surface area (Å²) < 4.78 is 0.000686. The summed E-state index contributed by atoms with van der Waals surface area (Å²) >= 11 is 7.50. The third-order valence-electron chi connectivity index (χ3n) is 2.36. The van der Waals surface area contributed by atoms with Gasteiger partial charge in [-0.25, -0.2) is 4.98 Å².